The molecule has 114 valence electrons. The lowest BCUT2D eigenvalue weighted by atomic mass is 10.1. The minimum Gasteiger partial charge on any atom is -0.335 e. The predicted molar refractivity (Wildman–Crippen MR) is 86.5 cm³/mol. The minimum atomic E-state index is 0.0941. The molecule has 0 aromatic carbocycles. The van der Waals surface area contributed by atoms with Gasteiger partial charge < -0.3 is 9.88 Å². The number of imidazole rings is 1. The second kappa shape index (κ2) is 8.15. The highest BCUT2D eigenvalue weighted by molar-refractivity contribution is 6.31. The largest absolute Gasteiger partial charge is 0.335 e. The molecule has 0 aliphatic heterocycles. The molecule has 2 heterocycles. The average Bonchev–Trinajstić information content (AvgIpc) is 2.92. The summed E-state index contributed by atoms with van der Waals surface area (Å²) in [6.45, 7) is 6.26. The van der Waals surface area contributed by atoms with Gasteiger partial charge in [-0.1, -0.05) is 25.4 Å². The molecule has 0 radical (unpaired) electrons. The van der Waals surface area contributed by atoms with Crippen molar-refractivity contribution in [2.75, 3.05) is 6.54 Å². The molecule has 4 nitrogen and oxygen atoms in total. The first kappa shape index (κ1) is 16.0. The summed E-state index contributed by atoms with van der Waals surface area (Å²) < 4.78 is 2.21. The molecule has 0 fully saturated rings. The van der Waals surface area contributed by atoms with Crippen LogP contribution in [0.25, 0.3) is 0 Å². The Morgan fingerprint density at radius 3 is 2.81 bits per heavy atom. The third-order valence-corrected chi connectivity index (χ3v) is 3.73. The van der Waals surface area contributed by atoms with E-state index in [4.69, 9.17) is 11.6 Å². The Labute approximate surface area is 131 Å². The van der Waals surface area contributed by atoms with Crippen LogP contribution in [0.15, 0.2) is 30.7 Å². The maximum Gasteiger partial charge on any atom is 0.110 e. The molecule has 0 amide bonds. The van der Waals surface area contributed by atoms with E-state index in [-0.39, 0.29) is 6.04 Å². The summed E-state index contributed by atoms with van der Waals surface area (Å²) in [5.41, 5.74) is 0.902. The number of aryl methyl sites for hydroxylation is 1. The Kier molecular flexibility index (Phi) is 6.21. The van der Waals surface area contributed by atoms with E-state index < -0.39 is 0 Å². The molecule has 0 bridgehead atoms. The van der Waals surface area contributed by atoms with Crippen LogP contribution < -0.4 is 5.32 Å². The molecule has 0 aliphatic carbocycles. The Bertz CT molecular complexity index is 553. The van der Waals surface area contributed by atoms with Crippen LogP contribution in [0.3, 0.4) is 0 Å². The highest BCUT2D eigenvalue weighted by atomic mass is 35.5. The summed E-state index contributed by atoms with van der Waals surface area (Å²) in [6.07, 6.45) is 8.66. The minimum absolute atomic E-state index is 0.0941. The number of pyridine rings is 1. The number of halogens is 1. The third-order valence-electron chi connectivity index (χ3n) is 3.41. The number of nitrogens with zero attached hydrogens (tertiary/aromatic N) is 3. The number of rotatable bonds is 8. The van der Waals surface area contributed by atoms with Crippen LogP contribution in [0.1, 0.15) is 44.2 Å². The zero-order chi connectivity index (χ0) is 15.1. The molecule has 0 spiro atoms. The molecule has 0 aliphatic rings. The van der Waals surface area contributed by atoms with E-state index in [0.717, 1.165) is 43.9 Å². The van der Waals surface area contributed by atoms with E-state index in [9.17, 15) is 0 Å². The van der Waals surface area contributed by atoms with Crippen LogP contribution in [-0.2, 0) is 13.0 Å². The van der Waals surface area contributed by atoms with Gasteiger partial charge in [-0.3, -0.25) is 4.98 Å². The van der Waals surface area contributed by atoms with Crippen LogP contribution in [0.2, 0.25) is 5.02 Å². The van der Waals surface area contributed by atoms with E-state index in [1.54, 1.807) is 6.20 Å². The maximum absolute atomic E-state index is 6.31. The van der Waals surface area contributed by atoms with Gasteiger partial charge in [-0.25, -0.2) is 4.98 Å². The number of hydrogen-bond donors (Lipinski definition) is 1. The average molecular weight is 307 g/mol. The molecule has 2 rings (SSSR count). The topological polar surface area (TPSA) is 42.7 Å². The van der Waals surface area contributed by atoms with Crippen LogP contribution in [-0.4, -0.2) is 21.1 Å². The van der Waals surface area contributed by atoms with Gasteiger partial charge in [-0.05, 0) is 31.5 Å². The SMILES string of the molecule is CCCNC(Cc1nccn1CCC)c1ncccc1Cl. The fourth-order valence-corrected chi connectivity index (χ4v) is 2.65. The van der Waals surface area contributed by atoms with E-state index in [1.807, 2.05) is 24.5 Å². The zero-order valence-corrected chi connectivity index (χ0v) is 13.5. The van der Waals surface area contributed by atoms with E-state index in [1.165, 1.54) is 0 Å². The summed E-state index contributed by atoms with van der Waals surface area (Å²) >= 11 is 6.31. The lowest BCUT2D eigenvalue weighted by Gasteiger charge is -2.19. The van der Waals surface area contributed by atoms with Gasteiger partial charge in [0.15, 0.2) is 0 Å². The Morgan fingerprint density at radius 2 is 2.10 bits per heavy atom. The van der Waals surface area contributed by atoms with Crippen molar-refractivity contribution in [2.45, 2.75) is 45.7 Å². The van der Waals surface area contributed by atoms with Crippen LogP contribution in [0.4, 0.5) is 0 Å². The summed E-state index contributed by atoms with van der Waals surface area (Å²) in [5.74, 6) is 1.08. The van der Waals surface area contributed by atoms with Crippen molar-refractivity contribution < 1.29 is 0 Å². The molecule has 1 N–H and O–H groups in total. The van der Waals surface area contributed by atoms with Gasteiger partial charge in [0.2, 0.25) is 0 Å². The molecule has 0 saturated carbocycles. The molecular weight excluding hydrogens is 284 g/mol. The zero-order valence-electron chi connectivity index (χ0n) is 12.7. The number of nitrogens with one attached hydrogen (secondary N) is 1. The van der Waals surface area contributed by atoms with Gasteiger partial charge >= 0.3 is 0 Å². The second-order valence-electron chi connectivity index (χ2n) is 5.12. The quantitative estimate of drug-likeness (QED) is 0.810. The smallest absolute Gasteiger partial charge is 0.110 e. The molecular formula is C16H23ClN4. The molecule has 2 aromatic heterocycles. The monoisotopic (exact) mass is 306 g/mol. The van der Waals surface area contributed by atoms with Gasteiger partial charge in [0.25, 0.3) is 0 Å². The molecule has 21 heavy (non-hydrogen) atoms. The standard InChI is InChI=1S/C16H23ClN4/c1-3-7-18-14(16-13(17)6-5-8-20-16)12-15-19-9-11-21(15)10-4-2/h5-6,8-9,11,14,18H,3-4,7,10,12H2,1-2H3. The lowest BCUT2D eigenvalue weighted by molar-refractivity contribution is 0.493. The number of aromatic nitrogens is 3. The van der Waals surface area contributed by atoms with Crippen molar-refractivity contribution >= 4 is 11.6 Å². The fourth-order valence-electron chi connectivity index (χ4n) is 2.40. The maximum atomic E-state index is 6.31. The normalized spacial score (nSPS) is 12.5. The summed E-state index contributed by atoms with van der Waals surface area (Å²) in [7, 11) is 0. The Hall–Kier alpha value is -1.39. The van der Waals surface area contributed by atoms with Crippen molar-refractivity contribution in [3.05, 3.63) is 47.3 Å². The third kappa shape index (κ3) is 4.29. The summed E-state index contributed by atoms with van der Waals surface area (Å²) in [5, 5.41) is 4.24. The highest BCUT2D eigenvalue weighted by Crippen LogP contribution is 2.23. The van der Waals surface area contributed by atoms with E-state index in [0.29, 0.717) is 5.02 Å². The van der Waals surface area contributed by atoms with Crippen molar-refractivity contribution in [1.82, 2.24) is 19.9 Å². The van der Waals surface area contributed by atoms with Crippen molar-refractivity contribution in [3.8, 4) is 0 Å². The van der Waals surface area contributed by atoms with Crippen LogP contribution in [0.5, 0.6) is 0 Å². The second-order valence-corrected chi connectivity index (χ2v) is 5.53. The first-order valence-electron chi connectivity index (χ1n) is 7.60. The molecule has 2 aromatic rings. The highest BCUT2D eigenvalue weighted by Gasteiger charge is 2.18. The Morgan fingerprint density at radius 1 is 1.24 bits per heavy atom. The number of hydrogen-bond acceptors (Lipinski definition) is 3. The molecule has 1 unspecified atom stereocenters. The van der Waals surface area contributed by atoms with Crippen molar-refractivity contribution in [1.29, 1.82) is 0 Å². The fraction of sp³-hybridized carbons (Fsp3) is 0.500. The van der Waals surface area contributed by atoms with Crippen molar-refractivity contribution in [3.63, 3.8) is 0 Å². The first-order chi connectivity index (χ1) is 10.3. The van der Waals surface area contributed by atoms with Crippen molar-refractivity contribution in [2.24, 2.45) is 0 Å². The van der Waals surface area contributed by atoms with Gasteiger partial charge in [-0.2, -0.15) is 0 Å². The first-order valence-corrected chi connectivity index (χ1v) is 7.97. The van der Waals surface area contributed by atoms with Gasteiger partial charge in [0.1, 0.15) is 5.82 Å². The van der Waals surface area contributed by atoms with Gasteiger partial charge in [0, 0.05) is 31.6 Å². The van der Waals surface area contributed by atoms with Gasteiger partial charge in [0.05, 0.1) is 16.8 Å². The Balaban J connectivity index is 2.20. The van der Waals surface area contributed by atoms with Crippen LogP contribution >= 0.6 is 11.6 Å². The van der Waals surface area contributed by atoms with Crippen LogP contribution in [0, 0.1) is 0 Å². The van der Waals surface area contributed by atoms with E-state index >= 15 is 0 Å². The molecule has 1 atom stereocenters. The molecule has 0 saturated heterocycles. The summed E-state index contributed by atoms with van der Waals surface area (Å²) in [6, 6.07) is 3.85. The molecule has 5 heteroatoms. The predicted octanol–water partition coefficient (Wildman–Crippen LogP) is 3.62. The summed E-state index contributed by atoms with van der Waals surface area (Å²) in [4.78, 5) is 8.95. The lowest BCUT2D eigenvalue weighted by Crippen LogP contribution is -2.26. The van der Waals surface area contributed by atoms with E-state index in [2.05, 4.69) is 33.7 Å². The van der Waals surface area contributed by atoms with Gasteiger partial charge in [-0.15, -0.1) is 0 Å².